The fraction of sp³-hybridized carbons (Fsp3) is 0.333. The smallest absolute Gasteiger partial charge is 0.238 e. The van der Waals surface area contributed by atoms with Crippen LogP contribution in [0.5, 0.6) is 5.75 Å². The lowest BCUT2D eigenvalue weighted by Gasteiger charge is -2.08. The highest BCUT2D eigenvalue weighted by molar-refractivity contribution is 9.10. The van der Waals surface area contributed by atoms with Crippen LogP contribution < -0.4 is 9.88 Å². The van der Waals surface area contributed by atoms with E-state index in [1.54, 1.807) is 6.07 Å². The third-order valence-electron chi connectivity index (χ3n) is 1.69. The van der Waals surface area contributed by atoms with Crippen molar-refractivity contribution in [2.75, 3.05) is 6.61 Å². The Morgan fingerprint density at radius 3 is 2.67 bits per heavy atom. The minimum Gasteiger partial charge on any atom is -0.492 e. The van der Waals surface area contributed by atoms with Crippen molar-refractivity contribution >= 4 is 26.0 Å². The first-order valence-corrected chi connectivity index (χ1v) is 6.74. The normalized spacial score (nSPS) is 11.4. The van der Waals surface area contributed by atoms with Gasteiger partial charge in [-0.3, -0.25) is 0 Å². The van der Waals surface area contributed by atoms with E-state index in [9.17, 15) is 8.42 Å². The molecule has 0 aliphatic rings. The number of sulfonamides is 1. The van der Waals surface area contributed by atoms with E-state index in [1.165, 1.54) is 12.1 Å². The molecule has 1 aromatic carbocycles. The molecule has 0 heterocycles. The second-order valence-electron chi connectivity index (χ2n) is 2.99. The second-order valence-corrected chi connectivity index (χ2v) is 5.40. The topological polar surface area (TPSA) is 69.4 Å². The van der Waals surface area contributed by atoms with E-state index >= 15 is 0 Å². The van der Waals surface area contributed by atoms with E-state index < -0.39 is 10.0 Å². The molecule has 0 saturated carbocycles. The van der Waals surface area contributed by atoms with Gasteiger partial charge in [0.15, 0.2) is 0 Å². The molecule has 0 aliphatic heterocycles. The highest BCUT2D eigenvalue weighted by Gasteiger charge is 2.10. The van der Waals surface area contributed by atoms with Crippen LogP contribution in [0.2, 0.25) is 0 Å². The lowest BCUT2D eigenvalue weighted by molar-refractivity contribution is 0.314. The highest BCUT2D eigenvalue weighted by atomic mass is 79.9. The van der Waals surface area contributed by atoms with Crippen molar-refractivity contribution < 1.29 is 13.2 Å². The maximum atomic E-state index is 11.1. The van der Waals surface area contributed by atoms with E-state index in [0.717, 1.165) is 6.42 Å². The van der Waals surface area contributed by atoms with Crippen LogP contribution in [0.25, 0.3) is 0 Å². The van der Waals surface area contributed by atoms with Gasteiger partial charge in [-0.05, 0) is 34.5 Å². The van der Waals surface area contributed by atoms with Gasteiger partial charge in [0.05, 0.1) is 16.0 Å². The Hall–Kier alpha value is -0.590. The van der Waals surface area contributed by atoms with Gasteiger partial charge in [0, 0.05) is 6.07 Å². The summed E-state index contributed by atoms with van der Waals surface area (Å²) in [6.45, 7) is 2.50. The molecular weight excluding hydrogens is 282 g/mol. The number of nitrogens with two attached hydrogens (primary N) is 1. The average molecular weight is 294 g/mol. The summed E-state index contributed by atoms with van der Waals surface area (Å²) < 4.78 is 28.2. The van der Waals surface area contributed by atoms with Gasteiger partial charge in [-0.2, -0.15) is 0 Å². The monoisotopic (exact) mass is 293 g/mol. The van der Waals surface area contributed by atoms with E-state index in [-0.39, 0.29) is 4.90 Å². The number of hydrogen-bond donors (Lipinski definition) is 1. The SMILES string of the molecule is CCCOc1cc(S(N)(=O)=O)ccc1Br. The van der Waals surface area contributed by atoms with E-state index in [0.29, 0.717) is 16.8 Å². The van der Waals surface area contributed by atoms with Crippen molar-refractivity contribution in [3.05, 3.63) is 22.7 Å². The van der Waals surface area contributed by atoms with Gasteiger partial charge in [0.25, 0.3) is 0 Å². The van der Waals surface area contributed by atoms with Crippen molar-refractivity contribution in [2.45, 2.75) is 18.2 Å². The van der Waals surface area contributed by atoms with Crippen LogP contribution in [0.15, 0.2) is 27.6 Å². The number of hydrogen-bond acceptors (Lipinski definition) is 3. The van der Waals surface area contributed by atoms with Gasteiger partial charge in [-0.15, -0.1) is 0 Å². The molecule has 0 radical (unpaired) electrons. The van der Waals surface area contributed by atoms with Crippen LogP contribution in [0.3, 0.4) is 0 Å². The molecule has 15 heavy (non-hydrogen) atoms. The van der Waals surface area contributed by atoms with Gasteiger partial charge in [-0.25, -0.2) is 13.6 Å². The zero-order chi connectivity index (χ0) is 11.5. The van der Waals surface area contributed by atoms with Crippen LogP contribution in [0, 0.1) is 0 Å². The van der Waals surface area contributed by atoms with Crippen molar-refractivity contribution in [1.82, 2.24) is 0 Å². The van der Waals surface area contributed by atoms with Crippen LogP contribution >= 0.6 is 15.9 Å². The number of rotatable bonds is 4. The molecule has 0 fully saturated rings. The fourth-order valence-corrected chi connectivity index (χ4v) is 1.87. The molecule has 84 valence electrons. The van der Waals surface area contributed by atoms with Crippen molar-refractivity contribution in [1.29, 1.82) is 0 Å². The summed E-state index contributed by atoms with van der Waals surface area (Å²) in [6, 6.07) is 4.44. The first-order chi connectivity index (χ1) is 6.95. The summed E-state index contributed by atoms with van der Waals surface area (Å²) in [4.78, 5) is 0.0526. The molecular formula is C9H12BrNO3S. The lowest BCUT2D eigenvalue weighted by Crippen LogP contribution is -2.12. The van der Waals surface area contributed by atoms with Crippen LogP contribution in [-0.2, 0) is 10.0 Å². The quantitative estimate of drug-likeness (QED) is 0.922. The van der Waals surface area contributed by atoms with Crippen LogP contribution in [-0.4, -0.2) is 15.0 Å². The maximum Gasteiger partial charge on any atom is 0.238 e. The molecule has 1 aromatic rings. The first kappa shape index (κ1) is 12.5. The van der Waals surface area contributed by atoms with E-state index in [1.807, 2.05) is 6.92 Å². The summed E-state index contributed by atoms with van der Waals surface area (Å²) in [5.41, 5.74) is 0. The summed E-state index contributed by atoms with van der Waals surface area (Å²) in [7, 11) is -3.67. The van der Waals surface area contributed by atoms with Crippen LogP contribution in [0.4, 0.5) is 0 Å². The van der Waals surface area contributed by atoms with Gasteiger partial charge in [0.1, 0.15) is 5.75 Å². The standard InChI is InChI=1S/C9H12BrNO3S/c1-2-5-14-9-6-7(15(11,12)13)3-4-8(9)10/h3-4,6H,2,5H2,1H3,(H2,11,12,13). The number of halogens is 1. The predicted octanol–water partition coefficient (Wildman–Crippen LogP) is 1.89. The number of primary sulfonamides is 1. The van der Waals surface area contributed by atoms with E-state index in [2.05, 4.69) is 15.9 Å². The number of ether oxygens (including phenoxy) is 1. The molecule has 1 rings (SSSR count). The summed E-state index contributed by atoms with van der Waals surface area (Å²) in [5.74, 6) is 0.489. The zero-order valence-corrected chi connectivity index (χ0v) is 10.6. The molecule has 0 amide bonds. The minimum atomic E-state index is -3.67. The molecule has 0 spiro atoms. The van der Waals surface area contributed by atoms with Gasteiger partial charge >= 0.3 is 0 Å². The maximum absolute atomic E-state index is 11.1. The first-order valence-electron chi connectivity index (χ1n) is 4.40. The summed E-state index contributed by atoms with van der Waals surface area (Å²) in [6.07, 6.45) is 0.853. The molecule has 0 unspecified atom stereocenters. The van der Waals surface area contributed by atoms with E-state index in [4.69, 9.17) is 9.88 Å². The van der Waals surface area contributed by atoms with Crippen molar-refractivity contribution in [3.63, 3.8) is 0 Å². The zero-order valence-electron chi connectivity index (χ0n) is 8.23. The summed E-state index contributed by atoms with van der Waals surface area (Å²) >= 11 is 3.27. The fourth-order valence-electron chi connectivity index (χ4n) is 0.983. The molecule has 0 atom stereocenters. The Morgan fingerprint density at radius 1 is 1.47 bits per heavy atom. The minimum absolute atomic E-state index is 0.0526. The summed E-state index contributed by atoms with van der Waals surface area (Å²) in [5, 5.41) is 5.01. The van der Waals surface area contributed by atoms with Gasteiger partial charge in [-0.1, -0.05) is 6.92 Å². The van der Waals surface area contributed by atoms with Crippen LogP contribution in [0.1, 0.15) is 13.3 Å². The Morgan fingerprint density at radius 2 is 2.13 bits per heavy atom. The second kappa shape index (κ2) is 4.96. The average Bonchev–Trinajstić information content (AvgIpc) is 2.15. The Balaban J connectivity index is 3.06. The largest absolute Gasteiger partial charge is 0.492 e. The third kappa shape index (κ3) is 3.48. The molecule has 4 nitrogen and oxygen atoms in total. The number of benzene rings is 1. The van der Waals surface area contributed by atoms with Gasteiger partial charge in [0.2, 0.25) is 10.0 Å². The lowest BCUT2D eigenvalue weighted by atomic mass is 10.3. The highest BCUT2D eigenvalue weighted by Crippen LogP contribution is 2.27. The molecule has 0 aromatic heterocycles. The predicted molar refractivity (Wildman–Crippen MR) is 61.3 cm³/mol. The molecule has 2 N–H and O–H groups in total. The van der Waals surface area contributed by atoms with Crippen molar-refractivity contribution in [3.8, 4) is 5.75 Å². The third-order valence-corrected chi connectivity index (χ3v) is 3.26. The molecule has 0 aliphatic carbocycles. The van der Waals surface area contributed by atoms with Gasteiger partial charge < -0.3 is 4.74 Å². The molecule has 0 bridgehead atoms. The Labute approximate surface area is 97.6 Å². The van der Waals surface area contributed by atoms with Crippen molar-refractivity contribution in [2.24, 2.45) is 5.14 Å². The molecule has 6 heteroatoms. The Bertz CT molecular complexity index is 445. The Kier molecular flexibility index (Phi) is 4.12. The molecule has 0 saturated heterocycles.